The highest BCUT2D eigenvalue weighted by Crippen LogP contribution is 2.28. The largest absolute Gasteiger partial charge is 0.458 e. The van der Waals surface area contributed by atoms with Gasteiger partial charge < -0.3 is 4.42 Å². The van der Waals surface area contributed by atoms with Crippen LogP contribution >= 0.6 is 27.7 Å². The molecule has 4 aromatic rings. The minimum Gasteiger partial charge on any atom is -0.411 e. The molecule has 0 fully saturated rings. The average molecular weight is 404 g/mol. The smallest absolute Gasteiger partial charge is 0.411 e. The molecule has 0 amide bonds. The number of hydrogen-bond donors (Lipinski definition) is 1. The van der Waals surface area contributed by atoms with Crippen molar-refractivity contribution < 1.29 is 8.93 Å². The fraction of sp³-hybridized carbons (Fsp3) is 0.133. The molecule has 0 aliphatic rings. The number of nitrogens with one attached hydrogen (secondary N) is 1. The zero-order valence-electron chi connectivity index (χ0n) is 12.8. The first-order chi connectivity index (χ1) is 11.6. The minimum absolute atomic E-state index is 0.458. The first-order valence-corrected chi connectivity index (χ1v) is 8.73. The van der Waals surface area contributed by atoms with Gasteiger partial charge in [-0.05, 0) is 31.2 Å². The number of aromatic amines is 1. The second-order valence-electron chi connectivity index (χ2n) is 5.16. The van der Waals surface area contributed by atoms with Crippen molar-refractivity contribution in [3.8, 4) is 11.5 Å². The summed E-state index contributed by atoms with van der Waals surface area (Å²) in [6.45, 7) is 3.81. The number of H-pyrrole nitrogens is 1. The summed E-state index contributed by atoms with van der Waals surface area (Å²) in [5.74, 6) is 1.89. The number of fused-ring (bicyclic) bond motifs is 1. The van der Waals surface area contributed by atoms with Crippen LogP contribution in [0.4, 0.5) is 0 Å². The summed E-state index contributed by atoms with van der Waals surface area (Å²) >= 11 is 4.78. The van der Waals surface area contributed by atoms with Crippen molar-refractivity contribution in [2.45, 2.75) is 24.1 Å². The van der Waals surface area contributed by atoms with Gasteiger partial charge in [-0.3, -0.25) is 0 Å². The van der Waals surface area contributed by atoms with Gasteiger partial charge in [-0.1, -0.05) is 25.9 Å². The number of hydrogen-bond acceptors (Lipinski definition) is 6. The van der Waals surface area contributed by atoms with Gasteiger partial charge in [0.25, 0.3) is 5.22 Å². The molecule has 24 heavy (non-hydrogen) atoms. The minimum atomic E-state index is 0.458. The Labute approximate surface area is 149 Å². The lowest BCUT2D eigenvalue weighted by Crippen LogP contribution is -2.27. The third kappa shape index (κ3) is 2.92. The zero-order valence-corrected chi connectivity index (χ0v) is 15.2. The third-order valence-corrected chi connectivity index (χ3v) is 4.64. The van der Waals surface area contributed by atoms with Crippen LogP contribution in [-0.2, 0) is 0 Å². The van der Waals surface area contributed by atoms with Gasteiger partial charge in [0.15, 0.2) is 5.03 Å². The van der Waals surface area contributed by atoms with E-state index in [9.17, 15) is 0 Å². The molecule has 9 heteroatoms. The van der Waals surface area contributed by atoms with Crippen molar-refractivity contribution in [2.75, 3.05) is 0 Å². The molecule has 1 aromatic carbocycles. The highest BCUT2D eigenvalue weighted by molar-refractivity contribution is 9.10. The normalized spacial score (nSPS) is 11.3. The molecule has 0 bridgehead atoms. The van der Waals surface area contributed by atoms with E-state index in [2.05, 4.69) is 41.2 Å². The molecule has 120 valence electrons. The zero-order chi connectivity index (χ0) is 16.7. The SMILES string of the molecule is Cc1cc(Sc2nnc(-c3ccc(Br)cc3)o2)[n+]2[nH]c(C)nc2n1. The van der Waals surface area contributed by atoms with E-state index >= 15 is 0 Å². The number of benzene rings is 1. The number of rotatable bonds is 3. The predicted octanol–water partition coefficient (Wildman–Crippen LogP) is 3.12. The highest BCUT2D eigenvalue weighted by atomic mass is 79.9. The fourth-order valence-corrected chi connectivity index (χ4v) is 3.32. The van der Waals surface area contributed by atoms with Crippen LogP contribution in [0.1, 0.15) is 11.5 Å². The van der Waals surface area contributed by atoms with Gasteiger partial charge in [-0.25, -0.2) is 5.10 Å². The van der Waals surface area contributed by atoms with E-state index in [0.29, 0.717) is 16.9 Å². The monoisotopic (exact) mass is 403 g/mol. The van der Waals surface area contributed by atoms with Gasteiger partial charge in [0.2, 0.25) is 11.7 Å². The Morgan fingerprint density at radius 3 is 2.71 bits per heavy atom. The summed E-state index contributed by atoms with van der Waals surface area (Å²) in [6.07, 6.45) is 0. The van der Waals surface area contributed by atoms with Crippen LogP contribution in [0.5, 0.6) is 0 Å². The van der Waals surface area contributed by atoms with Crippen LogP contribution in [0.15, 0.2) is 49.5 Å². The van der Waals surface area contributed by atoms with Crippen LogP contribution in [0.3, 0.4) is 0 Å². The Kier molecular flexibility index (Phi) is 3.81. The fourth-order valence-electron chi connectivity index (χ4n) is 2.22. The van der Waals surface area contributed by atoms with E-state index in [0.717, 1.165) is 26.6 Å². The topological polar surface area (TPSA) is 84.6 Å². The molecule has 0 saturated carbocycles. The highest BCUT2D eigenvalue weighted by Gasteiger charge is 2.19. The number of halogens is 1. The van der Waals surface area contributed by atoms with Crippen molar-refractivity contribution in [2.24, 2.45) is 0 Å². The predicted molar refractivity (Wildman–Crippen MR) is 90.6 cm³/mol. The van der Waals surface area contributed by atoms with Crippen molar-refractivity contribution in [3.05, 3.63) is 46.3 Å². The number of nitrogens with zero attached hydrogens (tertiary/aromatic N) is 5. The molecule has 0 saturated heterocycles. The van der Waals surface area contributed by atoms with E-state index in [1.165, 1.54) is 11.8 Å². The van der Waals surface area contributed by atoms with Crippen LogP contribution < -0.4 is 4.52 Å². The van der Waals surface area contributed by atoms with E-state index in [4.69, 9.17) is 4.42 Å². The maximum Gasteiger partial charge on any atom is 0.458 e. The summed E-state index contributed by atoms with van der Waals surface area (Å²) in [5, 5.41) is 12.7. The van der Waals surface area contributed by atoms with Crippen molar-refractivity contribution >= 4 is 33.5 Å². The van der Waals surface area contributed by atoms with Crippen LogP contribution in [0.25, 0.3) is 17.2 Å². The number of aryl methyl sites for hydroxylation is 2. The Morgan fingerprint density at radius 2 is 1.92 bits per heavy atom. The molecular formula is C15H12BrN6OS+. The first-order valence-electron chi connectivity index (χ1n) is 7.12. The van der Waals surface area contributed by atoms with Gasteiger partial charge in [-0.15, -0.1) is 14.7 Å². The van der Waals surface area contributed by atoms with E-state index in [-0.39, 0.29) is 0 Å². The van der Waals surface area contributed by atoms with E-state index < -0.39 is 0 Å². The first kappa shape index (κ1) is 15.3. The van der Waals surface area contributed by atoms with Crippen LogP contribution in [0.2, 0.25) is 0 Å². The average Bonchev–Trinajstić information content (AvgIpc) is 3.14. The van der Waals surface area contributed by atoms with Crippen LogP contribution in [-0.4, -0.2) is 25.3 Å². The van der Waals surface area contributed by atoms with Crippen molar-refractivity contribution in [1.29, 1.82) is 0 Å². The summed E-state index contributed by atoms with van der Waals surface area (Å²) < 4.78 is 8.57. The molecule has 3 heterocycles. The lowest BCUT2D eigenvalue weighted by molar-refractivity contribution is -0.620. The van der Waals surface area contributed by atoms with Crippen LogP contribution in [0, 0.1) is 13.8 Å². The molecule has 0 spiro atoms. The lowest BCUT2D eigenvalue weighted by Gasteiger charge is -1.96. The summed E-state index contributed by atoms with van der Waals surface area (Å²) in [7, 11) is 0. The molecule has 3 aromatic heterocycles. The third-order valence-electron chi connectivity index (χ3n) is 3.26. The Bertz CT molecular complexity index is 1030. The van der Waals surface area contributed by atoms with Gasteiger partial charge >= 0.3 is 5.78 Å². The molecule has 0 unspecified atom stereocenters. The molecule has 1 N–H and O–H groups in total. The van der Waals surface area contributed by atoms with E-state index in [1.54, 1.807) is 4.52 Å². The van der Waals surface area contributed by atoms with Crippen molar-refractivity contribution in [1.82, 2.24) is 25.3 Å². The maximum atomic E-state index is 5.77. The number of aromatic nitrogens is 6. The second kappa shape index (κ2) is 5.99. The molecular weight excluding hydrogens is 392 g/mol. The van der Waals surface area contributed by atoms with Gasteiger partial charge in [0, 0.05) is 34.8 Å². The van der Waals surface area contributed by atoms with Gasteiger partial charge in [0.1, 0.15) is 5.69 Å². The Morgan fingerprint density at radius 1 is 1.12 bits per heavy atom. The van der Waals surface area contributed by atoms with Crippen molar-refractivity contribution in [3.63, 3.8) is 0 Å². The Balaban J connectivity index is 1.68. The molecule has 0 aliphatic heterocycles. The molecule has 0 radical (unpaired) electrons. The van der Waals surface area contributed by atoms with Gasteiger partial charge in [0.05, 0.1) is 0 Å². The molecule has 4 rings (SSSR count). The van der Waals surface area contributed by atoms with E-state index in [1.807, 2.05) is 44.2 Å². The molecule has 0 atom stereocenters. The lowest BCUT2D eigenvalue weighted by atomic mass is 10.2. The summed E-state index contributed by atoms with van der Waals surface area (Å²) in [6, 6.07) is 9.66. The standard InChI is InChI=1S/C15H11BrN6OS/c1-8-7-12(22-14(17-8)18-9(2)21-22)24-15-20-19-13(23-15)10-3-5-11(16)6-4-10/h3-7H,1-2H3/p+1. The Hall–Kier alpha value is -2.26. The quantitative estimate of drug-likeness (QED) is 0.417. The van der Waals surface area contributed by atoms with Gasteiger partial charge in [-0.2, -0.15) is 0 Å². The second-order valence-corrected chi connectivity index (χ2v) is 7.05. The summed E-state index contributed by atoms with van der Waals surface area (Å²) in [5.41, 5.74) is 1.75. The molecule has 7 nitrogen and oxygen atoms in total. The maximum absolute atomic E-state index is 5.77. The molecule has 0 aliphatic carbocycles. The summed E-state index contributed by atoms with van der Waals surface area (Å²) in [4.78, 5) is 8.75.